The first kappa shape index (κ1) is 17.7. The van der Waals surface area contributed by atoms with Crippen LogP contribution < -0.4 is 10.9 Å². The maximum Gasteiger partial charge on any atom is 0.301 e. The molecule has 0 saturated carbocycles. The molecule has 0 amide bonds. The summed E-state index contributed by atoms with van der Waals surface area (Å²) in [7, 11) is 1.80. The van der Waals surface area contributed by atoms with Crippen molar-refractivity contribution in [1.29, 1.82) is 0 Å². The molecule has 3 aromatic heterocycles. The Morgan fingerprint density at radius 2 is 1.90 bits per heavy atom. The van der Waals surface area contributed by atoms with E-state index in [1.165, 1.54) is 4.52 Å². The number of aromatic amines is 1. The van der Waals surface area contributed by atoms with Gasteiger partial charge >= 0.3 is 5.56 Å². The number of para-hydroxylation sites is 1. The molecule has 2 aromatic carbocycles. The van der Waals surface area contributed by atoms with E-state index in [4.69, 9.17) is 11.0 Å². The molecule has 8 heteroatoms. The van der Waals surface area contributed by atoms with Crippen LogP contribution in [-0.4, -0.2) is 26.6 Å². The van der Waals surface area contributed by atoms with E-state index in [0.29, 0.717) is 28.0 Å². The number of hydrogen-bond acceptors (Lipinski definition) is 5. The zero-order chi connectivity index (χ0) is 20.8. The van der Waals surface area contributed by atoms with E-state index < -0.39 is 0 Å². The summed E-state index contributed by atoms with van der Waals surface area (Å²) in [4.78, 5) is 26.1. The molecular weight excluding hydrogens is 380 g/mol. The smallest absolute Gasteiger partial charge is 0.301 e. The molecule has 0 aliphatic carbocycles. The number of rotatable bonds is 3. The van der Waals surface area contributed by atoms with Gasteiger partial charge in [-0.05, 0) is 24.6 Å². The zero-order valence-corrected chi connectivity index (χ0v) is 16.2. The number of H-pyrrole nitrogens is 1. The predicted molar refractivity (Wildman–Crippen MR) is 115 cm³/mol. The molecule has 0 saturated heterocycles. The highest BCUT2D eigenvalue weighted by atomic mass is 16.3. The Hall–Kier alpha value is -4.38. The monoisotopic (exact) mass is 396 g/mol. The van der Waals surface area contributed by atoms with E-state index in [-0.39, 0.29) is 22.8 Å². The van der Waals surface area contributed by atoms with E-state index in [0.717, 1.165) is 11.3 Å². The third-order valence-corrected chi connectivity index (χ3v) is 5.02. The number of benzene rings is 2. The molecule has 0 radical (unpaired) electrons. The van der Waals surface area contributed by atoms with Gasteiger partial charge in [0.2, 0.25) is 5.89 Å². The van der Waals surface area contributed by atoms with Crippen LogP contribution in [0.15, 0.2) is 57.7 Å². The minimum Gasteiger partial charge on any atom is -0.436 e. The molecule has 146 valence electrons. The van der Waals surface area contributed by atoms with Gasteiger partial charge in [-0.1, -0.05) is 43.0 Å². The maximum atomic E-state index is 13.4. The molecule has 8 nitrogen and oxygen atoms in total. The Kier molecular flexibility index (Phi) is 3.89. The normalized spacial score (nSPS) is 11.1. The summed E-state index contributed by atoms with van der Waals surface area (Å²) in [5.74, 6) is 0.440. The van der Waals surface area contributed by atoms with E-state index in [2.05, 4.69) is 25.2 Å². The topological polar surface area (TPSA) is 92.6 Å². The van der Waals surface area contributed by atoms with Crippen molar-refractivity contribution in [2.45, 2.75) is 6.92 Å². The summed E-state index contributed by atoms with van der Waals surface area (Å²) < 4.78 is 7.16. The highest BCUT2D eigenvalue weighted by Gasteiger charge is 2.24. The van der Waals surface area contributed by atoms with Gasteiger partial charge in [-0.3, -0.25) is 4.79 Å². The van der Waals surface area contributed by atoms with Crippen LogP contribution in [-0.2, 0) is 0 Å². The summed E-state index contributed by atoms with van der Waals surface area (Å²) in [5, 5.41) is 5.95. The lowest BCUT2D eigenvalue weighted by Gasteiger charge is -2.03. The van der Waals surface area contributed by atoms with Crippen molar-refractivity contribution < 1.29 is 4.42 Å². The van der Waals surface area contributed by atoms with Gasteiger partial charge in [-0.25, -0.2) is 15.1 Å². The van der Waals surface area contributed by atoms with Gasteiger partial charge in [0.1, 0.15) is 11.1 Å². The molecule has 30 heavy (non-hydrogen) atoms. The molecular formula is C22H16N6O2. The fourth-order valence-corrected chi connectivity index (χ4v) is 3.62. The molecule has 0 aliphatic heterocycles. The second kappa shape index (κ2) is 6.60. The number of fused-ring (bicyclic) bond motifs is 2. The highest BCUT2D eigenvalue weighted by Crippen LogP contribution is 2.34. The number of aromatic nitrogens is 4. The number of aryl methyl sites for hydroxylation is 1. The minimum absolute atomic E-state index is 0.192. The summed E-state index contributed by atoms with van der Waals surface area (Å²) in [6.07, 6.45) is 0. The molecule has 0 aliphatic rings. The molecule has 3 heterocycles. The molecule has 0 spiro atoms. The van der Waals surface area contributed by atoms with Gasteiger partial charge in [0.25, 0.3) is 5.82 Å². The predicted octanol–water partition coefficient (Wildman–Crippen LogP) is 4.40. The van der Waals surface area contributed by atoms with Gasteiger partial charge < -0.3 is 14.6 Å². The second-order valence-electron chi connectivity index (χ2n) is 6.77. The second-order valence-corrected chi connectivity index (χ2v) is 6.77. The number of hydrogen-bond donors (Lipinski definition) is 2. The quantitative estimate of drug-likeness (QED) is 0.441. The van der Waals surface area contributed by atoms with Gasteiger partial charge in [0.05, 0.1) is 16.9 Å². The van der Waals surface area contributed by atoms with Gasteiger partial charge in [-0.2, -0.15) is 0 Å². The molecule has 0 fully saturated rings. The average molecular weight is 396 g/mol. The third-order valence-electron chi connectivity index (χ3n) is 5.02. The fourth-order valence-electron chi connectivity index (χ4n) is 3.62. The third kappa shape index (κ3) is 2.49. The summed E-state index contributed by atoms with van der Waals surface area (Å²) >= 11 is 0. The molecule has 0 atom stereocenters. The van der Waals surface area contributed by atoms with Crippen molar-refractivity contribution in [3.63, 3.8) is 0 Å². The lowest BCUT2D eigenvalue weighted by molar-refractivity contribution is 0.616. The molecule has 0 unspecified atom stereocenters. The van der Waals surface area contributed by atoms with E-state index >= 15 is 0 Å². The van der Waals surface area contributed by atoms with Crippen LogP contribution >= 0.6 is 0 Å². The Morgan fingerprint density at radius 1 is 1.10 bits per heavy atom. The summed E-state index contributed by atoms with van der Waals surface area (Å²) in [6.45, 7) is 9.28. The Labute approximate surface area is 170 Å². The average Bonchev–Trinajstić information content (AvgIpc) is 3.35. The van der Waals surface area contributed by atoms with Gasteiger partial charge in [-0.15, -0.1) is 4.52 Å². The van der Waals surface area contributed by atoms with Crippen molar-refractivity contribution in [2.75, 3.05) is 12.4 Å². The number of oxazole rings is 1. The van der Waals surface area contributed by atoms with Crippen LogP contribution in [0.3, 0.4) is 0 Å². The SMILES string of the molecule is [C-]#[N+]c1[nH]n2c(=O)c(-c3nc4c(NC)cccc4o3)c(C)nc2c1-c1ccccc1. The number of nitrogens with zero attached hydrogens (tertiary/aromatic N) is 4. The maximum absolute atomic E-state index is 13.4. The summed E-state index contributed by atoms with van der Waals surface area (Å²) in [5.41, 5.74) is 4.15. The standard InChI is InChI=1S/C22H16N6O2/c1-12-16(21-26-18-14(23-2)10-7-11-15(18)30-21)22(29)28-20(25-12)17(19(24-3)27-28)13-8-5-4-6-9-13/h4-11,23,27H,1-2H3. The fraction of sp³-hybridized carbons (Fsp3) is 0.0909. The Morgan fingerprint density at radius 3 is 2.63 bits per heavy atom. The van der Waals surface area contributed by atoms with Crippen molar-refractivity contribution >= 4 is 28.3 Å². The first-order valence-corrected chi connectivity index (χ1v) is 9.28. The highest BCUT2D eigenvalue weighted by molar-refractivity contribution is 5.90. The van der Waals surface area contributed by atoms with Crippen molar-refractivity contribution in [3.05, 3.63) is 76.0 Å². The molecule has 2 N–H and O–H groups in total. The van der Waals surface area contributed by atoms with Crippen LogP contribution in [0.5, 0.6) is 0 Å². The number of nitrogens with one attached hydrogen (secondary N) is 2. The van der Waals surface area contributed by atoms with E-state index in [1.54, 1.807) is 20.0 Å². The van der Waals surface area contributed by atoms with Crippen LogP contribution in [0.1, 0.15) is 5.69 Å². The van der Waals surface area contributed by atoms with Crippen LogP contribution in [0.2, 0.25) is 0 Å². The lowest BCUT2D eigenvalue weighted by atomic mass is 10.1. The minimum atomic E-state index is -0.373. The Bertz CT molecular complexity index is 1520. The van der Waals surface area contributed by atoms with Crippen molar-refractivity contribution in [3.8, 4) is 22.6 Å². The first-order chi connectivity index (χ1) is 14.6. The molecule has 0 bridgehead atoms. The van der Waals surface area contributed by atoms with E-state index in [9.17, 15) is 4.79 Å². The zero-order valence-electron chi connectivity index (χ0n) is 16.2. The molecule has 5 aromatic rings. The van der Waals surface area contributed by atoms with Crippen molar-refractivity contribution in [2.24, 2.45) is 0 Å². The first-order valence-electron chi connectivity index (χ1n) is 9.28. The van der Waals surface area contributed by atoms with E-state index in [1.807, 2.05) is 42.5 Å². The lowest BCUT2D eigenvalue weighted by Crippen LogP contribution is -2.19. The largest absolute Gasteiger partial charge is 0.436 e. The molecule has 5 rings (SSSR count). The number of anilines is 1. The van der Waals surface area contributed by atoms with Crippen molar-refractivity contribution in [1.82, 2.24) is 19.6 Å². The van der Waals surface area contributed by atoms with Crippen LogP contribution in [0.25, 0.3) is 44.2 Å². The van der Waals surface area contributed by atoms with Gasteiger partial charge in [0, 0.05) is 7.05 Å². The van der Waals surface area contributed by atoms with Gasteiger partial charge in [0.15, 0.2) is 11.2 Å². The Balaban J connectivity index is 1.80. The van der Waals surface area contributed by atoms with Crippen LogP contribution in [0.4, 0.5) is 11.5 Å². The summed E-state index contributed by atoms with van der Waals surface area (Å²) in [6, 6.07) is 14.9. The van der Waals surface area contributed by atoms with Crippen LogP contribution in [0, 0.1) is 13.5 Å².